The van der Waals surface area contributed by atoms with Crippen LogP contribution in [0.2, 0.25) is 0 Å². The molecule has 24 heavy (non-hydrogen) atoms. The van der Waals surface area contributed by atoms with Crippen molar-refractivity contribution in [2.24, 2.45) is 0 Å². The fourth-order valence-corrected chi connectivity index (χ4v) is 3.76. The van der Waals surface area contributed by atoms with E-state index in [2.05, 4.69) is 4.90 Å². The van der Waals surface area contributed by atoms with Crippen LogP contribution in [0.4, 0.5) is 0 Å². The summed E-state index contributed by atoms with van der Waals surface area (Å²) in [5.41, 5.74) is 0.0644. The summed E-state index contributed by atoms with van der Waals surface area (Å²) in [6.45, 7) is 3.26. The Morgan fingerprint density at radius 2 is 1.88 bits per heavy atom. The molecule has 0 saturated carbocycles. The van der Waals surface area contributed by atoms with E-state index in [-0.39, 0.29) is 12.5 Å². The van der Waals surface area contributed by atoms with Crippen molar-refractivity contribution in [3.8, 4) is 0 Å². The van der Waals surface area contributed by atoms with Crippen LogP contribution in [0.15, 0.2) is 30.3 Å². The van der Waals surface area contributed by atoms with Crippen LogP contribution in [0.1, 0.15) is 31.2 Å². The average Bonchev–Trinajstić information content (AvgIpc) is 3.09. The number of nitrogens with zero attached hydrogens (tertiary/aromatic N) is 2. The minimum absolute atomic E-state index is 0.0566. The zero-order valence-corrected chi connectivity index (χ0v) is 14.2. The molecule has 2 saturated heterocycles. The first-order valence-electron chi connectivity index (χ1n) is 9.01. The Balaban J connectivity index is 1.49. The molecule has 0 radical (unpaired) electrons. The number of aliphatic hydroxyl groups is 2. The number of aryl methyl sites for hydroxylation is 1. The molecule has 5 heteroatoms. The Morgan fingerprint density at radius 1 is 1.17 bits per heavy atom. The predicted molar refractivity (Wildman–Crippen MR) is 92.6 cm³/mol. The number of rotatable bonds is 5. The Morgan fingerprint density at radius 3 is 2.54 bits per heavy atom. The zero-order valence-electron chi connectivity index (χ0n) is 14.2. The quantitative estimate of drug-likeness (QED) is 0.846. The van der Waals surface area contributed by atoms with Gasteiger partial charge in [-0.3, -0.25) is 4.79 Å². The number of β-amino-alcohol motifs (C(OH)–C–C–N with tert-alkyl or cyclic N) is 2. The van der Waals surface area contributed by atoms with E-state index in [1.54, 1.807) is 4.90 Å². The number of amides is 1. The molecular formula is C19H28N2O3. The van der Waals surface area contributed by atoms with Gasteiger partial charge < -0.3 is 20.0 Å². The van der Waals surface area contributed by atoms with Crippen LogP contribution in [0.3, 0.4) is 0 Å². The number of carbonyl (C=O) groups is 1. The molecule has 0 aromatic heterocycles. The van der Waals surface area contributed by atoms with Gasteiger partial charge in [0.05, 0.1) is 0 Å². The number of likely N-dealkylation sites (tertiary alicyclic amines) is 2. The monoisotopic (exact) mass is 332 g/mol. The fourth-order valence-electron chi connectivity index (χ4n) is 3.76. The highest BCUT2D eigenvalue weighted by Crippen LogP contribution is 2.26. The first kappa shape index (κ1) is 17.4. The van der Waals surface area contributed by atoms with Crippen molar-refractivity contribution in [1.29, 1.82) is 0 Å². The van der Waals surface area contributed by atoms with Crippen LogP contribution in [0.25, 0.3) is 0 Å². The maximum Gasteiger partial charge on any atom is 0.222 e. The highest BCUT2D eigenvalue weighted by molar-refractivity contribution is 5.76. The van der Waals surface area contributed by atoms with Crippen molar-refractivity contribution < 1.29 is 15.0 Å². The van der Waals surface area contributed by atoms with Gasteiger partial charge in [0.25, 0.3) is 0 Å². The highest BCUT2D eigenvalue weighted by atomic mass is 16.3. The van der Waals surface area contributed by atoms with Crippen LogP contribution in [-0.4, -0.2) is 70.3 Å². The van der Waals surface area contributed by atoms with E-state index in [1.807, 2.05) is 30.3 Å². The molecule has 2 aliphatic heterocycles. The van der Waals surface area contributed by atoms with Crippen molar-refractivity contribution in [2.75, 3.05) is 32.7 Å². The first-order chi connectivity index (χ1) is 11.6. The third-order valence-corrected chi connectivity index (χ3v) is 5.35. The van der Waals surface area contributed by atoms with Crippen molar-refractivity contribution in [3.05, 3.63) is 35.9 Å². The van der Waals surface area contributed by atoms with E-state index in [1.165, 1.54) is 0 Å². The summed E-state index contributed by atoms with van der Waals surface area (Å²) < 4.78 is 0. The smallest absolute Gasteiger partial charge is 0.222 e. The van der Waals surface area contributed by atoms with Gasteiger partial charge >= 0.3 is 0 Å². The van der Waals surface area contributed by atoms with Crippen molar-refractivity contribution >= 4 is 5.91 Å². The van der Waals surface area contributed by atoms with Gasteiger partial charge in [0, 0.05) is 26.1 Å². The van der Waals surface area contributed by atoms with Gasteiger partial charge in [-0.15, -0.1) is 0 Å². The van der Waals surface area contributed by atoms with Crippen LogP contribution in [-0.2, 0) is 11.2 Å². The topological polar surface area (TPSA) is 64.0 Å². The summed E-state index contributed by atoms with van der Waals surface area (Å²) in [4.78, 5) is 16.3. The van der Waals surface area contributed by atoms with Gasteiger partial charge in [-0.05, 0) is 44.3 Å². The number of benzene rings is 1. The fraction of sp³-hybridized carbons (Fsp3) is 0.632. The lowest BCUT2D eigenvalue weighted by Gasteiger charge is -2.43. The molecule has 1 amide bonds. The molecule has 2 fully saturated rings. The summed E-state index contributed by atoms with van der Waals surface area (Å²) in [6.07, 6.45) is 3.06. The molecule has 2 N–H and O–H groups in total. The predicted octanol–water partition coefficient (Wildman–Crippen LogP) is 1.04. The number of aliphatic hydroxyl groups excluding tert-OH is 1. The molecule has 2 aliphatic rings. The standard InChI is InChI=1S/C19H28N2O3/c22-17-14-21(18(23)9-8-16-6-2-1-3-7-16)13-10-19(17,24)15-20-11-4-5-12-20/h1-3,6-7,17,22,24H,4-5,8-15H2/t17-,19-/m0/s1. The third kappa shape index (κ3) is 4.15. The second-order valence-corrected chi connectivity index (χ2v) is 7.18. The Labute approximate surface area is 143 Å². The van der Waals surface area contributed by atoms with Crippen molar-refractivity contribution in [3.63, 3.8) is 0 Å². The van der Waals surface area contributed by atoms with Gasteiger partial charge in [-0.25, -0.2) is 0 Å². The molecule has 1 aromatic rings. The average molecular weight is 332 g/mol. The van der Waals surface area contributed by atoms with Gasteiger partial charge in [0.15, 0.2) is 0 Å². The Hall–Kier alpha value is -1.43. The normalized spacial score (nSPS) is 28.2. The Bertz CT molecular complexity index is 545. The summed E-state index contributed by atoms with van der Waals surface area (Å²) in [5.74, 6) is 0.0566. The van der Waals surface area contributed by atoms with Gasteiger partial charge in [0.1, 0.15) is 11.7 Å². The molecule has 132 valence electrons. The first-order valence-corrected chi connectivity index (χ1v) is 9.01. The Kier molecular flexibility index (Phi) is 5.54. The largest absolute Gasteiger partial charge is 0.388 e. The van der Waals surface area contributed by atoms with Crippen molar-refractivity contribution in [1.82, 2.24) is 9.80 Å². The lowest BCUT2D eigenvalue weighted by Crippen LogP contribution is -2.60. The molecule has 5 nitrogen and oxygen atoms in total. The number of piperidine rings is 1. The molecule has 0 bridgehead atoms. The number of hydrogen-bond acceptors (Lipinski definition) is 4. The van der Waals surface area contributed by atoms with E-state index in [4.69, 9.17) is 0 Å². The second-order valence-electron chi connectivity index (χ2n) is 7.18. The van der Waals surface area contributed by atoms with Crippen LogP contribution in [0, 0.1) is 0 Å². The highest BCUT2D eigenvalue weighted by Gasteiger charge is 2.43. The van der Waals surface area contributed by atoms with E-state index >= 15 is 0 Å². The molecule has 3 rings (SSSR count). The summed E-state index contributed by atoms with van der Waals surface area (Å²) >= 11 is 0. The number of hydrogen-bond donors (Lipinski definition) is 2. The lowest BCUT2D eigenvalue weighted by atomic mass is 9.87. The van der Waals surface area contributed by atoms with E-state index in [9.17, 15) is 15.0 Å². The molecule has 1 aromatic carbocycles. The second kappa shape index (κ2) is 7.64. The molecule has 2 heterocycles. The summed E-state index contributed by atoms with van der Waals surface area (Å²) in [7, 11) is 0. The van der Waals surface area contributed by atoms with Gasteiger partial charge in [0.2, 0.25) is 5.91 Å². The maximum atomic E-state index is 12.4. The molecule has 0 aliphatic carbocycles. The SMILES string of the molecule is O=C(CCc1ccccc1)N1CC[C@](O)(CN2CCCC2)[C@@H](O)C1. The van der Waals surface area contributed by atoms with E-state index in [0.29, 0.717) is 32.4 Å². The molecule has 2 atom stereocenters. The minimum atomic E-state index is -1.08. The summed E-state index contributed by atoms with van der Waals surface area (Å²) in [5, 5.41) is 21.2. The van der Waals surface area contributed by atoms with Crippen LogP contribution >= 0.6 is 0 Å². The van der Waals surface area contributed by atoms with E-state index < -0.39 is 11.7 Å². The third-order valence-electron chi connectivity index (χ3n) is 5.35. The number of carbonyl (C=O) groups excluding carboxylic acids is 1. The van der Waals surface area contributed by atoms with Gasteiger partial charge in [-0.1, -0.05) is 30.3 Å². The maximum absolute atomic E-state index is 12.4. The van der Waals surface area contributed by atoms with Crippen LogP contribution in [0.5, 0.6) is 0 Å². The van der Waals surface area contributed by atoms with E-state index in [0.717, 1.165) is 31.5 Å². The van der Waals surface area contributed by atoms with Crippen molar-refractivity contribution in [2.45, 2.75) is 43.8 Å². The minimum Gasteiger partial charge on any atom is -0.388 e. The molecular weight excluding hydrogens is 304 g/mol. The molecule has 0 unspecified atom stereocenters. The lowest BCUT2D eigenvalue weighted by molar-refractivity contribution is -0.152. The van der Waals surface area contributed by atoms with Gasteiger partial charge in [-0.2, -0.15) is 0 Å². The zero-order chi connectivity index (χ0) is 17.0. The van der Waals surface area contributed by atoms with Crippen LogP contribution < -0.4 is 0 Å². The summed E-state index contributed by atoms with van der Waals surface area (Å²) in [6, 6.07) is 9.96. The molecule has 0 spiro atoms.